The van der Waals surface area contributed by atoms with Crippen LogP contribution in [-0.4, -0.2) is 45.6 Å². The largest absolute Gasteiger partial charge is 0.457 e. The van der Waals surface area contributed by atoms with Crippen molar-refractivity contribution in [3.63, 3.8) is 0 Å². The molecule has 2 aromatic carbocycles. The molecule has 10 heteroatoms. The molecule has 3 heterocycles. The SMILES string of the molecule is C=CS(=O)(=O)N1CC2CC(n3nc(-c4ccc(Oc5ccccc5)cc4)c4c(N)ncnc43)CC2C1. The summed E-state index contributed by atoms with van der Waals surface area (Å²) in [5.41, 5.74) is 8.61. The van der Waals surface area contributed by atoms with Gasteiger partial charge in [0, 0.05) is 24.1 Å². The van der Waals surface area contributed by atoms with Gasteiger partial charge in [0.15, 0.2) is 5.65 Å². The average molecular weight is 503 g/mol. The predicted molar refractivity (Wildman–Crippen MR) is 138 cm³/mol. The number of nitrogen functional groups attached to an aromatic ring is 1. The van der Waals surface area contributed by atoms with Crippen molar-refractivity contribution in [1.82, 2.24) is 24.1 Å². The number of rotatable bonds is 6. The van der Waals surface area contributed by atoms with Crippen molar-refractivity contribution in [2.24, 2.45) is 11.8 Å². The van der Waals surface area contributed by atoms with Gasteiger partial charge in [0.05, 0.1) is 11.4 Å². The molecule has 0 spiro atoms. The summed E-state index contributed by atoms with van der Waals surface area (Å²) >= 11 is 0. The Balaban J connectivity index is 1.29. The van der Waals surface area contributed by atoms with Crippen molar-refractivity contribution in [3.05, 3.63) is 72.9 Å². The third-order valence-electron chi connectivity index (χ3n) is 7.23. The third kappa shape index (κ3) is 3.92. The molecule has 9 nitrogen and oxygen atoms in total. The molecule has 2 unspecified atom stereocenters. The van der Waals surface area contributed by atoms with Gasteiger partial charge in [-0.1, -0.05) is 24.8 Å². The minimum atomic E-state index is -3.39. The second-order valence-corrected chi connectivity index (χ2v) is 11.2. The molecule has 1 aliphatic carbocycles. The van der Waals surface area contributed by atoms with Gasteiger partial charge >= 0.3 is 0 Å². The van der Waals surface area contributed by atoms with Crippen LogP contribution in [0.2, 0.25) is 0 Å². The molecule has 36 heavy (non-hydrogen) atoms. The van der Waals surface area contributed by atoms with Crippen molar-refractivity contribution in [2.75, 3.05) is 18.8 Å². The first kappa shape index (κ1) is 22.7. The lowest BCUT2D eigenvalue weighted by Crippen LogP contribution is -2.28. The highest BCUT2D eigenvalue weighted by Crippen LogP contribution is 2.46. The fraction of sp³-hybridized carbons (Fsp3) is 0.269. The van der Waals surface area contributed by atoms with Gasteiger partial charge < -0.3 is 10.5 Å². The first-order valence-corrected chi connectivity index (χ1v) is 13.4. The molecule has 2 aromatic heterocycles. The van der Waals surface area contributed by atoms with Crippen LogP contribution in [0.3, 0.4) is 0 Å². The van der Waals surface area contributed by atoms with Crippen molar-refractivity contribution >= 4 is 26.9 Å². The van der Waals surface area contributed by atoms with Crippen molar-refractivity contribution < 1.29 is 13.2 Å². The molecule has 0 amide bonds. The first-order valence-electron chi connectivity index (χ1n) is 11.9. The number of anilines is 1. The Labute approximate surface area is 209 Å². The molecule has 2 N–H and O–H groups in total. The predicted octanol–water partition coefficient (Wildman–Crippen LogP) is 4.22. The molecule has 184 valence electrons. The quantitative estimate of drug-likeness (QED) is 0.419. The van der Waals surface area contributed by atoms with E-state index in [0.717, 1.165) is 46.4 Å². The molecule has 0 radical (unpaired) electrons. The molecule has 1 saturated heterocycles. The first-order chi connectivity index (χ1) is 17.4. The Morgan fingerprint density at radius 1 is 0.972 bits per heavy atom. The molecule has 6 rings (SSSR count). The lowest BCUT2D eigenvalue weighted by Gasteiger charge is -2.17. The maximum Gasteiger partial charge on any atom is 0.235 e. The van der Waals surface area contributed by atoms with E-state index in [1.54, 1.807) is 0 Å². The molecule has 2 fully saturated rings. The van der Waals surface area contributed by atoms with Crippen LogP contribution in [0.25, 0.3) is 22.3 Å². The summed E-state index contributed by atoms with van der Waals surface area (Å²) in [6.45, 7) is 4.49. The zero-order valence-corrected chi connectivity index (χ0v) is 20.4. The van der Waals surface area contributed by atoms with E-state index in [9.17, 15) is 8.42 Å². The fourth-order valence-corrected chi connectivity index (χ4v) is 6.50. The molecular weight excluding hydrogens is 476 g/mol. The highest BCUT2D eigenvalue weighted by atomic mass is 32.2. The average Bonchev–Trinajstić information content (AvgIpc) is 3.58. The van der Waals surface area contributed by atoms with E-state index in [-0.39, 0.29) is 17.9 Å². The van der Waals surface area contributed by atoms with Crippen LogP contribution in [0.4, 0.5) is 5.82 Å². The summed E-state index contributed by atoms with van der Waals surface area (Å²) in [4.78, 5) is 8.75. The Morgan fingerprint density at radius 3 is 2.31 bits per heavy atom. The van der Waals surface area contributed by atoms with Crippen LogP contribution in [0.15, 0.2) is 72.9 Å². The summed E-state index contributed by atoms with van der Waals surface area (Å²) in [5, 5.41) is 6.73. The summed E-state index contributed by atoms with van der Waals surface area (Å²) in [6, 6.07) is 17.4. The van der Waals surface area contributed by atoms with Gasteiger partial charge in [0.1, 0.15) is 29.3 Å². The Morgan fingerprint density at radius 2 is 1.64 bits per heavy atom. The van der Waals surface area contributed by atoms with Gasteiger partial charge in [-0.25, -0.2) is 23.1 Å². The smallest absolute Gasteiger partial charge is 0.235 e. The van der Waals surface area contributed by atoms with Crippen molar-refractivity contribution in [1.29, 1.82) is 0 Å². The Bertz CT molecular complexity index is 1520. The number of fused-ring (bicyclic) bond motifs is 2. The van der Waals surface area contributed by atoms with E-state index in [0.29, 0.717) is 24.6 Å². The summed E-state index contributed by atoms with van der Waals surface area (Å²) < 4.78 is 33.9. The van der Waals surface area contributed by atoms with E-state index in [4.69, 9.17) is 15.6 Å². The summed E-state index contributed by atoms with van der Waals surface area (Å²) in [5.74, 6) is 2.43. The van der Waals surface area contributed by atoms with Crippen LogP contribution in [0.1, 0.15) is 18.9 Å². The highest BCUT2D eigenvalue weighted by Gasteiger charge is 2.45. The molecule has 2 atom stereocenters. The van der Waals surface area contributed by atoms with Gasteiger partial charge in [-0.3, -0.25) is 0 Å². The lowest BCUT2D eigenvalue weighted by atomic mass is 10.0. The van der Waals surface area contributed by atoms with Crippen LogP contribution in [0.5, 0.6) is 11.5 Å². The minimum absolute atomic E-state index is 0.111. The van der Waals surface area contributed by atoms with Crippen LogP contribution in [-0.2, 0) is 10.0 Å². The molecule has 4 aromatic rings. The van der Waals surface area contributed by atoms with Gasteiger partial charge in [0.25, 0.3) is 0 Å². The minimum Gasteiger partial charge on any atom is -0.457 e. The van der Waals surface area contributed by atoms with E-state index in [1.807, 2.05) is 59.3 Å². The van der Waals surface area contributed by atoms with Gasteiger partial charge in [-0.15, -0.1) is 0 Å². The number of nitrogens with zero attached hydrogens (tertiary/aromatic N) is 5. The summed E-state index contributed by atoms with van der Waals surface area (Å²) in [6.07, 6.45) is 3.13. The monoisotopic (exact) mass is 502 g/mol. The molecule has 1 aliphatic heterocycles. The van der Waals surface area contributed by atoms with Gasteiger partial charge in [0.2, 0.25) is 10.0 Å². The zero-order valence-electron chi connectivity index (χ0n) is 19.6. The second-order valence-electron chi connectivity index (χ2n) is 9.36. The van der Waals surface area contributed by atoms with Crippen LogP contribution < -0.4 is 10.5 Å². The fourth-order valence-electron chi connectivity index (χ4n) is 5.50. The van der Waals surface area contributed by atoms with Gasteiger partial charge in [-0.05, 0) is 61.1 Å². The summed E-state index contributed by atoms with van der Waals surface area (Å²) in [7, 11) is -3.39. The number of nitrogens with two attached hydrogens (primary N) is 1. The maximum absolute atomic E-state index is 12.2. The Kier molecular flexibility index (Phi) is 5.50. The Hall–Kier alpha value is -3.76. The molecule has 0 bridgehead atoms. The number of para-hydroxylation sites is 1. The number of benzene rings is 2. The maximum atomic E-state index is 12.2. The number of ether oxygens (including phenoxy) is 1. The van der Waals surface area contributed by atoms with Crippen molar-refractivity contribution in [2.45, 2.75) is 18.9 Å². The number of sulfonamides is 1. The second kappa shape index (κ2) is 8.72. The van der Waals surface area contributed by atoms with Crippen molar-refractivity contribution in [3.8, 4) is 22.8 Å². The van der Waals surface area contributed by atoms with E-state index in [2.05, 4.69) is 16.5 Å². The molecular formula is C26H26N6O3S. The molecule has 2 aliphatic rings. The van der Waals surface area contributed by atoms with E-state index < -0.39 is 10.0 Å². The molecule has 1 saturated carbocycles. The number of hydrogen-bond donors (Lipinski definition) is 1. The lowest BCUT2D eigenvalue weighted by molar-refractivity contribution is 0.395. The normalized spacial score (nSPS) is 22.1. The third-order valence-corrected chi connectivity index (χ3v) is 8.67. The zero-order chi connectivity index (χ0) is 24.9. The number of aromatic nitrogens is 4. The van der Waals surface area contributed by atoms with E-state index >= 15 is 0 Å². The number of hydrogen-bond acceptors (Lipinski definition) is 7. The van der Waals surface area contributed by atoms with Gasteiger partial charge in [-0.2, -0.15) is 9.40 Å². The standard InChI is InChI=1S/C26H26N6O3S/c1-2-36(33,34)31-14-18-12-20(13-19(18)15-31)32-26-23(25(27)28-16-29-26)24(30-32)17-8-10-22(11-9-17)35-21-6-4-3-5-7-21/h2-11,16,18-20H,1,12-15H2,(H2,27,28,29). The van der Waals surface area contributed by atoms with Crippen LogP contribution in [0, 0.1) is 11.8 Å². The van der Waals surface area contributed by atoms with E-state index in [1.165, 1.54) is 10.6 Å². The van der Waals surface area contributed by atoms with Crippen LogP contribution >= 0.6 is 0 Å². The highest BCUT2D eigenvalue weighted by molar-refractivity contribution is 7.92. The topological polar surface area (TPSA) is 116 Å².